The zero-order valence-corrected chi connectivity index (χ0v) is 10.8. The normalized spacial score (nSPS) is 20.5. The van der Waals surface area contributed by atoms with Crippen molar-refractivity contribution in [3.63, 3.8) is 0 Å². The summed E-state index contributed by atoms with van der Waals surface area (Å²) in [4.78, 5) is 24.7. The van der Waals surface area contributed by atoms with Gasteiger partial charge in [0, 0.05) is 24.9 Å². The average molecular weight is 256 g/mol. The predicted octanol–water partition coefficient (Wildman–Crippen LogP) is 1.28. The quantitative estimate of drug-likeness (QED) is 0.748. The highest BCUT2D eigenvalue weighted by Gasteiger charge is 2.36. The van der Waals surface area contributed by atoms with Crippen molar-refractivity contribution in [2.45, 2.75) is 26.8 Å². The van der Waals surface area contributed by atoms with E-state index in [2.05, 4.69) is 5.10 Å². The van der Waals surface area contributed by atoms with Crippen LogP contribution < -0.4 is 0 Å². The second-order valence-electron chi connectivity index (χ2n) is 4.40. The number of likely N-dealkylation sites (tertiary alicyclic amines) is 1. The highest BCUT2D eigenvalue weighted by Crippen LogP contribution is 2.25. The summed E-state index contributed by atoms with van der Waals surface area (Å²) in [5, 5.41) is 4.63. The number of hydrogen-bond donors (Lipinski definition) is 0. The van der Waals surface area contributed by atoms with E-state index in [4.69, 9.17) is 11.6 Å². The third-order valence-corrected chi connectivity index (χ3v) is 3.53. The maximum atomic E-state index is 11.8. The van der Waals surface area contributed by atoms with Crippen molar-refractivity contribution in [1.29, 1.82) is 0 Å². The van der Waals surface area contributed by atoms with Gasteiger partial charge in [0.25, 0.3) is 0 Å². The molecule has 1 aliphatic heterocycles. The van der Waals surface area contributed by atoms with Gasteiger partial charge in [-0.1, -0.05) is 18.5 Å². The van der Waals surface area contributed by atoms with Crippen LogP contribution in [-0.2, 0) is 23.2 Å². The molecule has 0 aliphatic carbocycles. The minimum absolute atomic E-state index is 0.130. The second-order valence-corrected chi connectivity index (χ2v) is 4.76. The summed E-state index contributed by atoms with van der Waals surface area (Å²) < 4.78 is 1.54. The SMILES string of the molecule is Cc1nn(C)c(Cl)c1CN1C(=O)CC(C)C1=O. The first-order valence-electron chi connectivity index (χ1n) is 5.44. The van der Waals surface area contributed by atoms with Gasteiger partial charge in [-0.2, -0.15) is 5.10 Å². The van der Waals surface area contributed by atoms with Crippen molar-refractivity contribution < 1.29 is 9.59 Å². The van der Waals surface area contributed by atoms with Gasteiger partial charge in [-0.25, -0.2) is 0 Å². The molecule has 17 heavy (non-hydrogen) atoms. The van der Waals surface area contributed by atoms with Crippen LogP contribution in [0.25, 0.3) is 0 Å². The third kappa shape index (κ3) is 1.95. The van der Waals surface area contributed by atoms with E-state index in [9.17, 15) is 9.59 Å². The summed E-state index contributed by atoms with van der Waals surface area (Å²) in [6.45, 7) is 3.80. The monoisotopic (exact) mass is 255 g/mol. The number of aromatic nitrogens is 2. The van der Waals surface area contributed by atoms with Gasteiger partial charge in [-0.05, 0) is 6.92 Å². The highest BCUT2D eigenvalue weighted by molar-refractivity contribution is 6.30. The van der Waals surface area contributed by atoms with E-state index in [1.54, 1.807) is 18.7 Å². The Morgan fingerprint density at radius 3 is 2.53 bits per heavy atom. The Morgan fingerprint density at radius 1 is 1.47 bits per heavy atom. The lowest BCUT2D eigenvalue weighted by Gasteiger charge is -2.14. The summed E-state index contributed by atoms with van der Waals surface area (Å²) in [6, 6.07) is 0. The molecule has 1 aromatic rings. The van der Waals surface area contributed by atoms with Crippen molar-refractivity contribution in [2.75, 3.05) is 0 Å². The topological polar surface area (TPSA) is 55.2 Å². The van der Waals surface area contributed by atoms with Gasteiger partial charge < -0.3 is 0 Å². The minimum Gasteiger partial charge on any atom is -0.278 e. The fraction of sp³-hybridized carbons (Fsp3) is 0.545. The molecule has 0 aromatic carbocycles. The Balaban J connectivity index is 2.27. The smallest absolute Gasteiger partial charge is 0.232 e. The third-order valence-electron chi connectivity index (χ3n) is 3.06. The van der Waals surface area contributed by atoms with Crippen LogP contribution in [0.4, 0.5) is 0 Å². The lowest BCUT2D eigenvalue weighted by molar-refractivity contribution is -0.139. The fourth-order valence-corrected chi connectivity index (χ4v) is 2.26. The Kier molecular flexibility index (Phi) is 2.95. The number of nitrogens with zero attached hydrogens (tertiary/aromatic N) is 3. The molecule has 0 bridgehead atoms. The predicted molar refractivity (Wildman–Crippen MR) is 62.3 cm³/mol. The molecule has 1 unspecified atom stereocenters. The molecule has 1 saturated heterocycles. The Hall–Kier alpha value is -1.36. The number of halogens is 1. The van der Waals surface area contributed by atoms with Crippen LogP contribution in [0.2, 0.25) is 5.15 Å². The van der Waals surface area contributed by atoms with E-state index in [0.717, 1.165) is 11.3 Å². The number of carbonyl (C=O) groups is 2. The zero-order valence-electron chi connectivity index (χ0n) is 10.0. The van der Waals surface area contributed by atoms with E-state index >= 15 is 0 Å². The molecule has 1 aromatic heterocycles. The molecule has 92 valence electrons. The van der Waals surface area contributed by atoms with E-state index in [-0.39, 0.29) is 30.7 Å². The van der Waals surface area contributed by atoms with Crippen LogP contribution in [0.1, 0.15) is 24.6 Å². The molecule has 0 radical (unpaired) electrons. The molecule has 6 heteroatoms. The minimum atomic E-state index is -0.224. The summed E-state index contributed by atoms with van der Waals surface area (Å²) in [7, 11) is 1.73. The second kappa shape index (κ2) is 4.14. The molecule has 2 amide bonds. The summed E-state index contributed by atoms with van der Waals surface area (Å²) in [6.07, 6.45) is 0.287. The summed E-state index contributed by atoms with van der Waals surface area (Å²) >= 11 is 6.08. The van der Waals surface area contributed by atoms with E-state index in [1.165, 1.54) is 4.90 Å². The van der Waals surface area contributed by atoms with Gasteiger partial charge in [-0.15, -0.1) is 0 Å². The number of hydrogen-bond acceptors (Lipinski definition) is 3. The van der Waals surface area contributed by atoms with Crippen molar-refractivity contribution >= 4 is 23.4 Å². The van der Waals surface area contributed by atoms with E-state index in [0.29, 0.717) is 5.15 Å². The molecule has 1 aliphatic rings. The number of aryl methyl sites for hydroxylation is 2. The van der Waals surface area contributed by atoms with Gasteiger partial charge in [-0.3, -0.25) is 19.2 Å². The number of carbonyl (C=O) groups excluding carboxylic acids is 2. The highest BCUT2D eigenvalue weighted by atomic mass is 35.5. The standard InChI is InChI=1S/C11H14ClN3O2/c1-6-4-9(16)15(11(6)17)5-8-7(2)13-14(3)10(8)12/h6H,4-5H2,1-3H3. The molecule has 0 saturated carbocycles. The van der Waals surface area contributed by atoms with Crippen LogP contribution in [0.15, 0.2) is 0 Å². The van der Waals surface area contributed by atoms with Crippen LogP contribution in [-0.4, -0.2) is 26.5 Å². The van der Waals surface area contributed by atoms with E-state index < -0.39 is 0 Å². The fourth-order valence-electron chi connectivity index (χ4n) is 2.03. The first kappa shape index (κ1) is 12.1. The number of amides is 2. The summed E-state index contributed by atoms with van der Waals surface area (Å²) in [5.41, 5.74) is 1.49. The molecule has 1 atom stereocenters. The van der Waals surface area contributed by atoms with Gasteiger partial charge in [0.2, 0.25) is 11.8 Å². The largest absolute Gasteiger partial charge is 0.278 e. The first-order valence-corrected chi connectivity index (χ1v) is 5.81. The number of imide groups is 1. The van der Waals surface area contributed by atoms with Gasteiger partial charge in [0.15, 0.2) is 0 Å². The first-order chi connectivity index (χ1) is 7.91. The molecule has 2 heterocycles. The van der Waals surface area contributed by atoms with Crippen LogP contribution >= 0.6 is 11.6 Å². The van der Waals surface area contributed by atoms with Gasteiger partial charge in [0.1, 0.15) is 5.15 Å². The lowest BCUT2D eigenvalue weighted by atomic mass is 10.1. The van der Waals surface area contributed by atoms with Crippen molar-refractivity contribution in [3.05, 3.63) is 16.4 Å². The Bertz CT molecular complexity index is 495. The molecular formula is C11H14ClN3O2. The molecule has 5 nitrogen and oxygen atoms in total. The van der Waals surface area contributed by atoms with E-state index in [1.807, 2.05) is 6.92 Å². The zero-order chi connectivity index (χ0) is 12.7. The van der Waals surface area contributed by atoms with Crippen molar-refractivity contribution in [2.24, 2.45) is 13.0 Å². The molecule has 0 N–H and O–H groups in total. The van der Waals surface area contributed by atoms with Crippen LogP contribution in [0, 0.1) is 12.8 Å². The molecular weight excluding hydrogens is 242 g/mol. The Labute approximate surface area is 104 Å². The van der Waals surface area contributed by atoms with Crippen molar-refractivity contribution in [1.82, 2.24) is 14.7 Å². The molecule has 1 fully saturated rings. The van der Waals surface area contributed by atoms with Gasteiger partial charge >= 0.3 is 0 Å². The maximum Gasteiger partial charge on any atom is 0.232 e. The van der Waals surface area contributed by atoms with Gasteiger partial charge in [0.05, 0.1) is 12.2 Å². The maximum absolute atomic E-state index is 11.8. The van der Waals surface area contributed by atoms with Crippen LogP contribution in [0.5, 0.6) is 0 Å². The molecule has 0 spiro atoms. The lowest BCUT2D eigenvalue weighted by Crippen LogP contribution is -2.29. The van der Waals surface area contributed by atoms with Crippen LogP contribution in [0.3, 0.4) is 0 Å². The number of rotatable bonds is 2. The Morgan fingerprint density at radius 2 is 2.12 bits per heavy atom. The average Bonchev–Trinajstić information content (AvgIpc) is 2.62. The molecule has 2 rings (SSSR count). The van der Waals surface area contributed by atoms with Crippen molar-refractivity contribution in [3.8, 4) is 0 Å². The summed E-state index contributed by atoms with van der Waals surface area (Å²) in [5.74, 6) is -0.491.